The number of aliphatic hydroxyl groups is 6. The fourth-order valence-electron chi connectivity index (χ4n) is 9.55. The zero-order valence-electron chi connectivity index (χ0n) is 64.9. The van der Waals surface area contributed by atoms with E-state index in [2.05, 4.69) is 107 Å². The van der Waals surface area contributed by atoms with Crippen molar-refractivity contribution >= 4 is 5.97 Å². The van der Waals surface area contributed by atoms with Crippen LogP contribution >= 0.6 is 0 Å². The first-order chi connectivity index (χ1) is 43.7. The summed E-state index contributed by atoms with van der Waals surface area (Å²) < 4.78 is 56.3. The van der Waals surface area contributed by atoms with Crippen molar-refractivity contribution in [3.63, 3.8) is 0 Å². The minimum Gasteiger partial charge on any atom is -0.467 e. The van der Waals surface area contributed by atoms with Crippen molar-refractivity contribution in [2.24, 2.45) is 11.8 Å². The summed E-state index contributed by atoms with van der Waals surface area (Å²) in [7, 11) is 3.05. The second-order valence-electron chi connectivity index (χ2n) is 28.6. The minimum atomic E-state index is -0.830. The van der Waals surface area contributed by atoms with E-state index in [-0.39, 0.29) is 93.8 Å². The molecule has 6 N–H and O–H groups in total. The van der Waals surface area contributed by atoms with Crippen molar-refractivity contribution in [2.45, 2.75) is 360 Å². The molecule has 6 unspecified atom stereocenters. The monoisotopic (exact) mass is 1370 g/mol. The van der Waals surface area contributed by atoms with Crippen LogP contribution in [0.4, 0.5) is 0 Å². The maximum Gasteiger partial charge on any atom is 0.337 e. The van der Waals surface area contributed by atoms with Crippen LogP contribution in [0.1, 0.15) is 274 Å². The summed E-state index contributed by atoms with van der Waals surface area (Å²) in [5.74, 6) is 0.706. The molecule has 2 aromatic rings. The van der Waals surface area contributed by atoms with E-state index in [4.69, 9.17) is 68.2 Å². The molecule has 2 aliphatic heterocycles. The molecular formula is C75H153N3O17. The number of ether oxygens (including phenoxy) is 10. The molecule has 5 fully saturated rings. The third-order valence-corrected chi connectivity index (χ3v) is 14.5. The zero-order valence-corrected chi connectivity index (χ0v) is 64.9. The van der Waals surface area contributed by atoms with Gasteiger partial charge >= 0.3 is 5.97 Å². The second kappa shape index (κ2) is 59.1. The Hall–Kier alpha value is -2.64. The average molecular weight is 1370 g/mol. The van der Waals surface area contributed by atoms with E-state index in [0.29, 0.717) is 56.6 Å². The lowest BCUT2D eigenvalue weighted by atomic mass is 10.1. The summed E-state index contributed by atoms with van der Waals surface area (Å²) in [6.07, 6.45) is 21.9. The maximum atomic E-state index is 11.0. The molecule has 0 spiro atoms. The number of carbonyl (C=O) groups excluding carboxylic acids is 1. The average Bonchev–Trinajstić information content (AvgIpc) is 1.96. The molecule has 7 rings (SSSR count). The lowest BCUT2D eigenvalue weighted by Gasteiger charge is -2.24. The Morgan fingerprint density at radius 1 is 0.684 bits per heavy atom. The molecule has 3 aliphatic carbocycles. The van der Waals surface area contributed by atoms with Crippen molar-refractivity contribution in [1.82, 2.24) is 14.1 Å². The maximum absolute atomic E-state index is 11.0. The Bertz CT molecular complexity index is 1940. The summed E-state index contributed by atoms with van der Waals surface area (Å²) in [5, 5.41) is 51.5. The molecular weight excluding hydrogens is 1210 g/mol. The number of hydrogen-bond acceptors (Lipinski definition) is 18. The van der Waals surface area contributed by atoms with Gasteiger partial charge in [-0.2, -0.15) is 0 Å². The Labute approximate surface area is 581 Å². The number of esters is 1. The molecule has 20 heteroatoms. The van der Waals surface area contributed by atoms with Gasteiger partial charge in [0.25, 0.3) is 0 Å². The number of aryl methyl sites for hydroxylation is 2. The van der Waals surface area contributed by atoms with Crippen LogP contribution in [0.25, 0.3) is 0 Å². The third kappa shape index (κ3) is 59.9. The van der Waals surface area contributed by atoms with Gasteiger partial charge in [-0.1, -0.05) is 41.0 Å². The molecule has 2 aromatic heterocycles. The Morgan fingerprint density at radius 2 is 1.24 bits per heavy atom. The predicted molar refractivity (Wildman–Crippen MR) is 388 cm³/mol. The molecule has 6 atom stereocenters. The van der Waals surface area contributed by atoms with Gasteiger partial charge in [0.1, 0.15) is 6.10 Å². The lowest BCUT2D eigenvalue weighted by Crippen LogP contribution is -2.38. The molecule has 2 saturated heterocycles. The Balaban J connectivity index is -0.000000314. The molecule has 0 amide bonds. The molecule has 0 radical (unpaired) electrons. The van der Waals surface area contributed by atoms with E-state index < -0.39 is 11.4 Å². The van der Waals surface area contributed by atoms with E-state index in [1.807, 2.05) is 95.6 Å². The number of hydrogen-bond donors (Lipinski definition) is 6. The molecule has 3 saturated carbocycles. The second-order valence-corrected chi connectivity index (χ2v) is 28.6. The fourth-order valence-corrected chi connectivity index (χ4v) is 9.55. The van der Waals surface area contributed by atoms with Crippen LogP contribution in [0.5, 0.6) is 0 Å². The van der Waals surface area contributed by atoms with Gasteiger partial charge in [0.2, 0.25) is 0 Å². The number of imidazole rings is 1. The zero-order chi connectivity index (χ0) is 73.2. The number of methoxy groups -OCH3 is 2. The van der Waals surface area contributed by atoms with E-state index in [0.717, 1.165) is 63.9 Å². The normalized spacial score (nSPS) is 20.2. The van der Waals surface area contributed by atoms with Crippen LogP contribution in [-0.4, -0.2) is 202 Å². The third-order valence-electron chi connectivity index (χ3n) is 14.5. The van der Waals surface area contributed by atoms with Crippen molar-refractivity contribution < 1.29 is 82.8 Å². The van der Waals surface area contributed by atoms with Crippen LogP contribution in [0.3, 0.4) is 0 Å². The topological polar surface area (TPSA) is 253 Å². The minimum absolute atomic E-state index is 0. The molecule has 95 heavy (non-hydrogen) atoms. The van der Waals surface area contributed by atoms with Crippen LogP contribution in [-0.2, 0) is 52.2 Å². The van der Waals surface area contributed by atoms with Crippen LogP contribution in [0.15, 0.2) is 30.9 Å². The first-order valence-corrected chi connectivity index (χ1v) is 35.4. The lowest BCUT2D eigenvalue weighted by molar-refractivity contribution is -0.169. The largest absolute Gasteiger partial charge is 0.467 e. The first-order valence-electron chi connectivity index (χ1n) is 35.4. The number of rotatable bonds is 20. The SMILES string of the molecule is C.CC(C)CCO.CC(C)OC1CCCC1O.CC(C)OCCO.CC(C)n1ccnc1.CC1(C)OCC(CO)O1.CC1CCC(OC(C)C)C1.COC(=O)C(C)(C)OC(C)C.COC(C)(C)COC(C)C.Cc1ccc(C)n1C(C)C.OC1CCCC1.OCC1CCCO1. The standard InChI is InChI=1S/C9H15N.C9H18O.C8H16O3.C8H16O2.C8H18O2.C6H10N2.C6H12O3.C5H10O2.C5H12O2.C5H10O.C5H12O.CH4/c1-7(2)10-8(3)5-6-9(10)4;1-7(2)10-9-5-4-8(3)6-9;1-6(2)11-8(3,4)7(9)10-5;1-6(2)10-8-5-3-4-7(8)9;1-7(2)10-6-8(3,4)9-5;1-6(2)8-4-3-7-5-8;1-6(2)8-4-5(3-7)9-6;6-4-5-2-1-3-7-5;1-5(2)7-4-3-6;6-5-3-1-2-4-5;1-5(2)3-4-6;/h5-7H,1-4H3;7-9H,4-6H2,1-3H3;6H,1-5H3;6-9H,3-5H2,1-2H3;7H,6H2,1-5H3;3-6H,1-2H3;5,7H,3-4H2,1-2H3;5-6H,1-4H2;5-6H,3-4H2,1-2H3;5-6H,1-4H2;5-6H,3-4H2,1-2H3;1H4. The van der Waals surface area contributed by atoms with Gasteiger partial charge in [0.05, 0.1) is 120 Å². The smallest absolute Gasteiger partial charge is 0.337 e. The molecule has 20 nitrogen and oxygen atoms in total. The Kier molecular flexibility index (Phi) is 62.8. The van der Waals surface area contributed by atoms with Gasteiger partial charge < -0.3 is 87.1 Å². The van der Waals surface area contributed by atoms with Gasteiger partial charge in [0, 0.05) is 56.2 Å². The van der Waals surface area contributed by atoms with Crippen LogP contribution in [0.2, 0.25) is 0 Å². The van der Waals surface area contributed by atoms with E-state index >= 15 is 0 Å². The van der Waals surface area contributed by atoms with Crippen LogP contribution in [0, 0.1) is 25.7 Å². The first kappa shape index (κ1) is 101. The predicted octanol–water partition coefficient (Wildman–Crippen LogP) is 14.5. The summed E-state index contributed by atoms with van der Waals surface area (Å²) in [4.78, 5) is 14.9. The number of aromatic nitrogens is 3. The molecule has 0 aromatic carbocycles. The quantitative estimate of drug-likeness (QED) is 0.0674. The highest BCUT2D eigenvalue weighted by Crippen LogP contribution is 2.28. The van der Waals surface area contributed by atoms with Crippen molar-refractivity contribution in [1.29, 1.82) is 0 Å². The molecule has 5 aliphatic rings. The molecule has 570 valence electrons. The highest BCUT2D eigenvalue weighted by Gasteiger charge is 2.32. The number of aliphatic hydroxyl groups excluding tert-OH is 6. The van der Waals surface area contributed by atoms with Gasteiger partial charge in [-0.3, -0.25) is 0 Å². The number of carbonyl (C=O) groups is 1. The van der Waals surface area contributed by atoms with E-state index in [1.165, 1.54) is 50.6 Å². The van der Waals surface area contributed by atoms with Crippen molar-refractivity contribution in [2.75, 3.05) is 67.1 Å². The Morgan fingerprint density at radius 3 is 1.49 bits per heavy atom. The summed E-state index contributed by atoms with van der Waals surface area (Å²) in [6.45, 7) is 53.6. The summed E-state index contributed by atoms with van der Waals surface area (Å²) >= 11 is 0. The van der Waals surface area contributed by atoms with Gasteiger partial charge in [0.15, 0.2) is 11.4 Å². The van der Waals surface area contributed by atoms with Gasteiger partial charge in [-0.25, -0.2) is 9.78 Å². The fraction of sp³-hybridized carbons (Fsp3) is 0.893. The summed E-state index contributed by atoms with van der Waals surface area (Å²) in [5.41, 5.74) is 1.73. The van der Waals surface area contributed by atoms with E-state index in [9.17, 15) is 9.90 Å². The van der Waals surface area contributed by atoms with Crippen LogP contribution < -0.4 is 0 Å². The highest BCUT2D eigenvalue weighted by atomic mass is 16.7. The molecule has 4 heterocycles. The van der Waals surface area contributed by atoms with Crippen molar-refractivity contribution in [3.8, 4) is 0 Å². The van der Waals surface area contributed by atoms with Gasteiger partial charge in [-0.05, 0) is 247 Å². The summed E-state index contributed by atoms with van der Waals surface area (Å²) in [6, 6.07) is 5.46. The van der Waals surface area contributed by atoms with Crippen molar-refractivity contribution in [3.05, 3.63) is 42.2 Å². The highest BCUT2D eigenvalue weighted by molar-refractivity contribution is 5.78. The number of nitrogens with zero attached hydrogens (tertiary/aromatic N) is 3. The molecule has 0 bridgehead atoms. The van der Waals surface area contributed by atoms with Gasteiger partial charge in [-0.15, -0.1) is 0 Å². The van der Waals surface area contributed by atoms with E-state index in [1.54, 1.807) is 27.2 Å².